The molecule has 0 saturated heterocycles. The number of carboxylic acid groups (broad SMARTS) is 1. The molecule has 0 bridgehead atoms. The van der Waals surface area contributed by atoms with Gasteiger partial charge in [0.2, 0.25) is 0 Å². The Morgan fingerprint density at radius 1 is 1.67 bits per heavy atom. The Labute approximate surface area is 67.8 Å². The second kappa shape index (κ2) is 3.27. The summed E-state index contributed by atoms with van der Waals surface area (Å²) in [6.45, 7) is 0. The van der Waals surface area contributed by atoms with Crippen LogP contribution in [0.15, 0.2) is 18.5 Å². The minimum Gasteiger partial charge on any atom is -0.480 e. The van der Waals surface area contributed by atoms with Crippen LogP contribution < -0.4 is 5.73 Å². The average molecular weight is 170 g/mol. The Kier molecular flexibility index (Phi) is 2.35. The number of rotatable bonds is 2. The highest BCUT2D eigenvalue weighted by Crippen LogP contribution is 2.09. The molecule has 4 nitrogen and oxygen atoms in total. The van der Waals surface area contributed by atoms with Crippen molar-refractivity contribution in [2.75, 3.05) is 0 Å². The molecule has 0 fully saturated rings. The molecule has 0 saturated carbocycles. The maximum absolute atomic E-state index is 12.5. The molecule has 1 unspecified atom stereocenters. The number of hydrogen-bond acceptors (Lipinski definition) is 3. The van der Waals surface area contributed by atoms with Crippen molar-refractivity contribution in [1.82, 2.24) is 4.98 Å². The zero-order valence-electron chi connectivity index (χ0n) is 6.07. The Morgan fingerprint density at radius 3 is 2.83 bits per heavy atom. The molecule has 0 radical (unpaired) electrons. The van der Waals surface area contributed by atoms with Crippen LogP contribution in [0, 0.1) is 5.82 Å². The van der Waals surface area contributed by atoms with Crippen molar-refractivity contribution in [3.8, 4) is 0 Å². The first kappa shape index (κ1) is 8.61. The molecular formula is C7H7FN2O2. The van der Waals surface area contributed by atoms with E-state index in [-0.39, 0.29) is 5.56 Å². The van der Waals surface area contributed by atoms with Crippen LogP contribution in [0.5, 0.6) is 0 Å². The molecule has 3 N–H and O–H groups in total. The summed E-state index contributed by atoms with van der Waals surface area (Å²) in [5, 5.41) is 8.45. The number of carbonyl (C=O) groups is 1. The first-order valence-electron chi connectivity index (χ1n) is 3.20. The number of hydrogen-bond donors (Lipinski definition) is 2. The van der Waals surface area contributed by atoms with E-state index in [0.29, 0.717) is 0 Å². The third-order valence-corrected chi connectivity index (χ3v) is 1.35. The van der Waals surface area contributed by atoms with E-state index in [2.05, 4.69) is 4.98 Å². The van der Waals surface area contributed by atoms with Crippen molar-refractivity contribution < 1.29 is 14.3 Å². The van der Waals surface area contributed by atoms with Gasteiger partial charge in [0, 0.05) is 11.8 Å². The van der Waals surface area contributed by atoms with Crippen molar-refractivity contribution in [3.05, 3.63) is 29.8 Å². The van der Waals surface area contributed by atoms with Gasteiger partial charge in [0.05, 0.1) is 6.20 Å². The van der Waals surface area contributed by atoms with Crippen LogP contribution in [0.4, 0.5) is 4.39 Å². The van der Waals surface area contributed by atoms with Gasteiger partial charge in [-0.05, 0) is 6.07 Å². The Morgan fingerprint density at radius 2 is 2.33 bits per heavy atom. The summed E-state index contributed by atoms with van der Waals surface area (Å²) >= 11 is 0. The molecule has 64 valence electrons. The lowest BCUT2D eigenvalue weighted by Gasteiger charge is -2.04. The largest absolute Gasteiger partial charge is 0.480 e. The molecule has 1 heterocycles. The highest BCUT2D eigenvalue weighted by molar-refractivity contribution is 5.74. The van der Waals surface area contributed by atoms with Gasteiger partial charge in [0.15, 0.2) is 0 Å². The van der Waals surface area contributed by atoms with Gasteiger partial charge in [0.1, 0.15) is 11.9 Å². The third-order valence-electron chi connectivity index (χ3n) is 1.35. The van der Waals surface area contributed by atoms with E-state index in [9.17, 15) is 9.18 Å². The van der Waals surface area contributed by atoms with E-state index in [1.54, 1.807) is 0 Å². The lowest BCUT2D eigenvalue weighted by atomic mass is 10.1. The number of carboxylic acids is 1. The summed E-state index contributed by atoms with van der Waals surface area (Å²) in [7, 11) is 0. The fourth-order valence-electron chi connectivity index (χ4n) is 0.741. The van der Waals surface area contributed by atoms with Crippen LogP contribution in [-0.2, 0) is 4.79 Å². The van der Waals surface area contributed by atoms with Gasteiger partial charge in [-0.1, -0.05) is 0 Å². The molecule has 0 aliphatic rings. The van der Waals surface area contributed by atoms with E-state index in [0.717, 1.165) is 12.3 Å². The van der Waals surface area contributed by atoms with Gasteiger partial charge in [-0.2, -0.15) is 0 Å². The van der Waals surface area contributed by atoms with Crippen LogP contribution >= 0.6 is 0 Å². The van der Waals surface area contributed by atoms with Crippen molar-refractivity contribution in [1.29, 1.82) is 0 Å². The monoisotopic (exact) mass is 170 g/mol. The number of nitrogens with two attached hydrogens (primary N) is 1. The predicted molar refractivity (Wildman–Crippen MR) is 38.8 cm³/mol. The average Bonchev–Trinajstić information content (AvgIpc) is 2.03. The summed E-state index contributed by atoms with van der Waals surface area (Å²) in [6.07, 6.45) is 2.21. The van der Waals surface area contributed by atoms with Crippen LogP contribution in [0.25, 0.3) is 0 Å². The highest BCUT2D eigenvalue weighted by Gasteiger charge is 2.14. The van der Waals surface area contributed by atoms with E-state index in [4.69, 9.17) is 10.8 Å². The Bertz CT molecular complexity index is 303. The quantitative estimate of drug-likeness (QED) is 0.669. The molecule has 0 aromatic carbocycles. The van der Waals surface area contributed by atoms with Gasteiger partial charge in [-0.25, -0.2) is 4.39 Å². The summed E-state index contributed by atoms with van der Waals surface area (Å²) in [6, 6.07) is -0.167. The molecule has 1 aromatic rings. The lowest BCUT2D eigenvalue weighted by molar-refractivity contribution is -0.138. The Hall–Kier alpha value is -1.49. The maximum Gasteiger partial charge on any atom is 0.325 e. The van der Waals surface area contributed by atoms with Gasteiger partial charge < -0.3 is 10.8 Å². The topological polar surface area (TPSA) is 76.2 Å². The van der Waals surface area contributed by atoms with E-state index < -0.39 is 17.8 Å². The second-order valence-corrected chi connectivity index (χ2v) is 2.25. The third kappa shape index (κ3) is 1.76. The first-order chi connectivity index (χ1) is 5.61. The number of halogens is 1. The normalized spacial score (nSPS) is 12.5. The second-order valence-electron chi connectivity index (χ2n) is 2.25. The number of nitrogens with zero attached hydrogens (tertiary/aromatic N) is 1. The number of aromatic nitrogens is 1. The predicted octanol–water partition coefficient (Wildman–Crippen LogP) is 0.305. The standard InChI is InChI=1S/C7H7FN2O2/c8-5-1-4(2-10-3-5)6(9)7(11)12/h1-3,6H,9H2,(H,11,12). The molecule has 1 aromatic heterocycles. The van der Waals surface area contributed by atoms with Crippen molar-refractivity contribution in [2.45, 2.75) is 6.04 Å². The van der Waals surface area contributed by atoms with Crippen LogP contribution in [0.2, 0.25) is 0 Å². The number of aliphatic carboxylic acids is 1. The molecule has 1 atom stereocenters. The smallest absolute Gasteiger partial charge is 0.325 e. The SMILES string of the molecule is NC(C(=O)O)c1cncc(F)c1. The van der Waals surface area contributed by atoms with Crippen molar-refractivity contribution in [3.63, 3.8) is 0 Å². The minimum atomic E-state index is -1.21. The maximum atomic E-state index is 12.5. The summed E-state index contributed by atoms with van der Waals surface area (Å²) in [5.41, 5.74) is 5.36. The van der Waals surface area contributed by atoms with Crippen LogP contribution in [-0.4, -0.2) is 16.1 Å². The Balaban J connectivity index is 2.95. The van der Waals surface area contributed by atoms with Gasteiger partial charge >= 0.3 is 5.97 Å². The zero-order valence-corrected chi connectivity index (χ0v) is 6.07. The van der Waals surface area contributed by atoms with E-state index in [1.165, 1.54) is 6.20 Å². The fourth-order valence-corrected chi connectivity index (χ4v) is 0.741. The van der Waals surface area contributed by atoms with Crippen LogP contribution in [0.3, 0.4) is 0 Å². The lowest BCUT2D eigenvalue weighted by Crippen LogP contribution is -2.20. The molecule has 0 aliphatic heterocycles. The highest BCUT2D eigenvalue weighted by atomic mass is 19.1. The van der Waals surface area contributed by atoms with Crippen molar-refractivity contribution >= 4 is 5.97 Å². The molecule has 0 aliphatic carbocycles. The van der Waals surface area contributed by atoms with E-state index in [1.807, 2.05) is 0 Å². The van der Waals surface area contributed by atoms with Gasteiger partial charge in [0.25, 0.3) is 0 Å². The molecular weight excluding hydrogens is 163 g/mol. The van der Waals surface area contributed by atoms with Gasteiger partial charge in [-0.15, -0.1) is 0 Å². The first-order valence-corrected chi connectivity index (χ1v) is 3.20. The van der Waals surface area contributed by atoms with Crippen molar-refractivity contribution in [2.24, 2.45) is 5.73 Å². The van der Waals surface area contributed by atoms with E-state index >= 15 is 0 Å². The van der Waals surface area contributed by atoms with Gasteiger partial charge in [-0.3, -0.25) is 9.78 Å². The summed E-state index contributed by atoms with van der Waals surface area (Å²) < 4.78 is 12.5. The molecule has 0 spiro atoms. The molecule has 5 heteroatoms. The summed E-state index contributed by atoms with van der Waals surface area (Å²) in [5.74, 6) is -1.80. The number of pyridine rings is 1. The van der Waals surface area contributed by atoms with Crippen LogP contribution in [0.1, 0.15) is 11.6 Å². The molecule has 12 heavy (non-hydrogen) atoms. The zero-order chi connectivity index (χ0) is 9.14. The molecule has 0 amide bonds. The summed E-state index contributed by atoms with van der Waals surface area (Å²) in [4.78, 5) is 13.8. The fraction of sp³-hybridized carbons (Fsp3) is 0.143. The minimum absolute atomic E-state index is 0.155. The molecule has 1 rings (SSSR count).